The number of rotatable bonds is 16. The molecule has 19 nitrogen and oxygen atoms in total. The Balaban J connectivity index is 0.000000144. The van der Waals surface area contributed by atoms with E-state index in [1.54, 1.807) is 53.7 Å². The van der Waals surface area contributed by atoms with Gasteiger partial charge in [-0.05, 0) is 177 Å². The van der Waals surface area contributed by atoms with Crippen LogP contribution in [-0.2, 0) is 0 Å². The minimum atomic E-state index is -0.369. The summed E-state index contributed by atoms with van der Waals surface area (Å²) in [6, 6.07) is 73.2. The smallest absolute Gasteiger partial charge is 0.263 e. The van der Waals surface area contributed by atoms with Crippen LogP contribution in [0.4, 0.5) is 38.9 Å². The largest absolute Gasteiger partial charge is 0.497 e. The minimum absolute atomic E-state index is 0.0938. The van der Waals surface area contributed by atoms with Crippen LogP contribution >= 0.6 is 0 Å². The number of benzene rings is 9. The van der Waals surface area contributed by atoms with Crippen LogP contribution in [0.1, 0.15) is 79.0 Å². The molecule has 0 bridgehead atoms. The number of nitrogens with zero attached hydrogens (tertiary/aromatic N) is 12. The van der Waals surface area contributed by atoms with Crippen LogP contribution in [0.5, 0.6) is 5.75 Å². The summed E-state index contributed by atoms with van der Waals surface area (Å²) in [4.78, 5) is 78.9. The zero-order chi connectivity index (χ0) is 76.4. The van der Waals surface area contributed by atoms with Crippen LogP contribution in [0.3, 0.4) is 0 Å². The van der Waals surface area contributed by atoms with Crippen molar-refractivity contribution in [3.8, 4) is 56.2 Å². The number of aryl methyl sites for hydroxylation is 4. The zero-order valence-electron chi connectivity index (χ0n) is 60.9. The molecule has 3 N–H and O–H groups in total. The fourth-order valence-corrected chi connectivity index (χ4v) is 13.4. The summed E-state index contributed by atoms with van der Waals surface area (Å²) in [7, 11) is 1.63. The SMILES string of the molecule is [C-]#[N+]c1cnc(C)nc1N[C@@H](C)c1cc2cccc(-c3ccc(F)cc3)c2c(=O)n1-c1ccccc1.[C-]#[N+]c1cnc(C)nc1N[C@@H](C)c1cc2cccc(-c3cccc(C)c3)c2c(=O)n1-c1ccccc1.[C-]#[N+]c1cnc(C)nc1N[C@@H](C)c1cc2cccc(-c3cccc(OC)c3)c2c(=O)n1-c1ccccc1. The van der Waals surface area contributed by atoms with Crippen molar-refractivity contribution in [3.63, 3.8) is 0 Å². The summed E-state index contributed by atoms with van der Waals surface area (Å²) in [5, 5.41) is 14.3. The Morgan fingerprint density at radius 2 is 0.716 bits per heavy atom. The Labute approximate surface area is 628 Å². The molecule has 0 radical (unpaired) electrons. The van der Waals surface area contributed by atoms with Gasteiger partial charge >= 0.3 is 0 Å². The number of nitrogens with one attached hydrogen (secondary N) is 3. The van der Waals surface area contributed by atoms with Crippen LogP contribution in [0.2, 0.25) is 0 Å². The fourth-order valence-electron chi connectivity index (χ4n) is 13.4. The quantitative estimate of drug-likeness (QED) is 0.0772. The van der Waals surface area contributed by atoms with Crippen LogP contribution in [0.25, 0.3) is 97.3 Å². The van der Waals surface area contributed by atoms with E-state index in [1.807, 2.05) is 221 Å². The Bertz CT molecular complexity index is 6270. The fraction of sp³-hybridized carbons (Fsp3) is 0.124. The maximum atomic E-state index is 14.3. The first kappa shape index (κ1) is 72.8. The number of pyridine rings is 3. The van der Waals surface area contributed by atoms with Gasteiger partial charge in [-0.1, -0.05) is 163 Å². The Morgan fingerprint density at radius 3 is 1.06 bits per heavy atom. The van der Waals surface area contributed by atoms with Crippen LogP contribution in [-0.4, -0.2) is 50.7 Å². The Morgan fingerprint density at radius 1 is 0.385 bits per heavy atom. The molecule has 15 aromatic rings. The highest BCUT2D eigenvalue weighted by atomic mass is 19.1. The molecule has 15 rings (SSSR count). The van der Waals surface area contributed by atoms with Gasteiger partial charge in [0.05, 0.1) is 61.1 Å². The van der Waals surface area contributed by atoms with Crippen molar-refractivity contribution in [1.82, 2.24) is 43.6 Å². The first-order valence-corrected chi connectivity index (χ1v) is 35.0. The lowest BCUT2D eigenvalue weighted by atomic mass is 9.97. The van der Waals surface area contributed by atoms with E-state index in [0.29, 0.717) is 79.5 Å². The minimum Gasteiger partial charge on any atom is -0.497 e. The summed E-state index contributed by atoms with van der Waals surface area (Å²) in [6.07, 6.45) is 4.52. The second kappa shape index (κ2) is 32.2. The molecule has 0 aliphatic rings. The van der Waals surface area contributed by atoms with Crippen molar-refractivity contribution in [2.75, 3.05) is 23.1 Å². The Hall–Kier alpha value is -14.6. The van der Waals surface area contributed by atoms with Crippen molar-refractivity contribution < 1.29 is 9.13 Å². The number of hydrogen-bond donors (Lipinski definition) is 3. The van der Waals surface area contributed by atoms with Gasteiger partial charge in [-0.3, -0.25) is 43.0 Å². The molecule has 0 saturated carbocycles. The lowest BCUT2D eigenvalue weighted by Gasteiger charge is -2.22. The van der Waals surface area contributed by atoms with Gasteiger partial charge in [0, 0.05) is 52.7 Å². The maximum Gasteiger partial charge on any atom is 0.263 e. The standard InChI is InChI=1S/C30H25N5O2.C30H25N5O.C29H22FN5O/c1-19(33-29-26(31-3)18-32-20(2)34-29)27-17-22-11-9-15-25(21-10-8-14-24(16-21)37-4)28(22)30(36)35(27)23-12-6-5-7-13-23;1-19-10-8-11-22(16-19)25-15-9-12-23-17-27(20(2)33-29-26(31-4)18-32-21(3)34-29)35(30(36)28(23)25)24-13-6-5-7-14-24;1-18(33-28-25(31-3)17-32-19(2)34-28)26-16-21-8-7-11-24(20-12-14-22(30)15-13-20)27(21)29(36)35(26)23-9-5-4-6-10-23/h5-19H,1-2,4H3,(H,32,33,34);5-18,20H,1-3H3,(H,32,33,34);4-18H,1-2H3,(H,32,33,34)/t19-;20-;18-/m000/s1. The van der Waals surface area contributed by atoms with Gasteiger partial charge in [-0.2, -0.15) is 0 Å². The van der Waals surface area contributed by atoms with Gasteiger partial charge in [-0.15, -0.1) is 0 Å². The highest BCUT2D eigenvalue weighted by Gasteiger charge is 2.25. The average molecular weight is 1430 g/mol. The summed E-state index contributed by atoms with van der Waals surface area (Å²) in [5.74, 6) is 3.36. The monoisotopic (exact) mass is 1430 g/mol. The lowest BCUT2D eigenvalue weighted by Crippen LogP contribution is -2.26. The third-order valence-corrected chi connectivity index (χ3v) is 18.6. The number of halogens is 1. The van der Waals surface area contributed by atoms with Crippen LogP contribution < -0.4 is 37.4 Å². The predicted molar refractivity (Wildman–Crippen MR) is 431 cm³/mol. The number of fused-ring (bicyclic) bond motifs is 3. The zero-order valence-corrected chi connectivity index (χ0v) is 60.9. The van der Waals surface area contributed by atoms with Crippen LogP contribution in [0, 0.1) is 53.2 Å². The molecular formula is C89H72FN15O4. The highest BCUT2D eigenvalue weighted by Crippen LogP contribution is 2.37. The van der Waals surface area contributed by atoms with E-state index < -0.39 is 0 Å². The summed E-state index contributed by atoms with van der Waals surface area (Å²) in [6.45, 7) is 35.7. The molecule has 0 aliphatic carbocycles. The highest BCUT2D eigenvalue weighted by molar-refractivity contribution is 5.99. The molecule has 20 heteroatoms. The first-order valence-electron chi connectivity index (χ1n) is 35.0. The molecule has 0 aliphatic heterocycles. The number of methoxy groups -OCH3 is 1. The molecule has 0 unspecified atom stereocenters. The summed E-state index contributed by atoms with van der Waals surface area (Å²) in [5.41, 5.74) is 11.3. The van der Waals surface area contributed by atoms with Crippen molar-refractivity contribution in [2.24, 2.45) is 0 Å². The molecule has 0 spiro atoms. The molecule has 9 aromatic carbocycles. The lowest BCUT2D eigenvalue weighted by molar-refractivity contribution is 0.415. The third kappa shape index (κ3) is 15.5. The number of aromatic nitrogens is 9. The molecule has 6 aromatic heterocycles. The summed E-state index contributed by atoms with van der Waals surface area (Å²) >= 11 is 0. The second-order valence-corrected chi connectivity index (χ2v) is 25.9. The topological polar surface area (TPSA) is 202 Å². The van der Waals surface area contributed by atoms with Crippen molar-refractivity contribution in [1.29, 1.82) is 0 Å². The van der Waals surface area contributed by atoms with E-state index in [2.05, 4.69) is 79.4 Å². The van der Waals surface area contributed by atoms with E-state index in [-0.39, 0.29) is 40.6 Å². The molecule has 0 amide bonds. The normalized spacial score (nSPS) is 11.7. The second-order valence-electron chi connectivity index (χ2n) is 25.9. The molecule has 6 heterocycles. The van der Waals surface area contributed by atoms with Gasteiger partial charge in [-0.25, -0.2) is 33.9 Å². The average Bonchev–Trinajstić information content (AvgIpc) is 0.761. The van der Waals surface area contributed by atoms with E-state index in [4.69, 9.17) is 24.5 Å². The van der Waals surface area contributed by atoms with Gasteiger partial charge < -0.3 is 20.7 Å². The Kier molecular flexibility index (Phi) is 21.5. The summed E-state index contributed by atoms with van der Waals surface area (Å²) < 4.78 is 24.2. The van der Waals surface area contributed by atoms with Crippen molar-refractivity contribution in [2.45, 2.75) is 66.6 Å². The van der Waals surface area contributed by atoms with Gasteiger partial charge in [0.1, 0.15) is 46.5 Å². The number of hydrogen-bond acceptors (Lipinski definition) is 13. The number of anilines is 3. The molecule has 3 atom stereocenters. The van der Waals surface area contributed by atoms with Gasteiger partial charge in [0.25, 0.3) is 16.7 Å². The number of para-hydroxylation sites is 3. The number of ether oxygens (including phenoxy) is 1. The molecule has 0 fully saturated rings. The third-order valence-electron chi connectivity index (χ3n) is 18.6. The molecular weight excluding hydrogens is 1360 g/mol. The molecule has 0 saturated heterocycles. The van der Waals surface area contributed by atoms with Gasteiger partial charge in [0.15, 0.2) is 0 Å². The van der Waals surface area contributed by atoms with E-state index in [9.17, 15) is 18.8 Å². The molecule has 534 valence electrons. The first-order chi connectivity index (χ1) is 52.9. The van der Waals surface area contributed by atoms with E-state index in [1.165, 1.54) is 30.7 Å². The van der Waals surface area contributed by atoms with Crippen molar-refractivity contribution >= 4 is 66.8 Å². The molecule has 109 heavy (non-hydrogen) atoms. The maximum absolute atomic E-state index is 14.3. The van der Waals surface area contributed by atoms with Gasteiger partial charge in [0.2, 0.25) is 17.1 Å². The van der Waals surface area contributed by atoms with E-state index >= 15 is 0 Å². The van der Waals surface area contributed by atoms with E-state index in [0.717, 1.165) is 83.6 Å². The van der Waals surface area contributed by atoms with Crippen LogP contribution in [0.15, 0.2) is 270 Å². The predicted octanol–water partition coefficient (Wildman–Crippen LogP) is 19.9. The van der Waals surface area contributed by atoms with Crippen molar-refractivity contribution in [3.05, 3.63) is 366 Å².